The number of amides is 1. The van der Waals surface area contributed by atoms with Crippen molar-refractivity contribution in [2.75, 3.05) is 6.54 Å². The van der Waals surface area contributed by atoms with E-state index in [0.717, 1.165) is 5.69 Å². The molecule has 2 unspecified atom stereocenters. The van der Waals surface area contributed by atoms with Crippen molar-refractivity contribution in [3.05, 3.63) is 48.5 Å². The summed E-state index contributed by atoms with van der Waals surface area (Å²) in [5.41, 5.74) is 1.50. The van der Waals surface area contributed by atoms with Gasteiger partial charge in [0.2, 0.25) is 5.91 Å². The predicted molar refractivity (Wildman–Crippen MR) is 73.2 cm³/mol. The Morgan fingerprint density at radius 2 is 2.05 bits per heavy atom. The largest absolute Gasteiger partial charge is 0.388 e. The SMILES string of the molecule is CC(=O)NCC(O)C(O)c1ccc(-n2ccnc2)cc1. The van der Waals surface area contributed by atoms with Crippen LogP contribution in [0.2, 0.25) is 0 Å². The van der Waals surface area contributed by atoms with Gasteiger partial charge in [0.25, 0.3) is 0 Å². The first-order valence-electron chi connectivity index (χ1n) is 6.27. The fourth-order valence-corrected chi connectivity index (χ4v) is 1.84. The number of rotatable bonds is 5. The predicted octanol–water partition coefficient (Wildman–Crippen LogP) is 0.403. The van der Waals surface area contributed by atoms with Crippen molar-refractivity contribution in [1.82, 2.24) is 14.9 Å². The summed E-state index contributed by atoms with van der Waals surface area (Å²) < 4.78 is 1.84. The van der Waals surface area contributed by atoms with Gasteiger partial charge >= 0.3 is 0 Å². The van der Waals surface area contributed by atoms with E-state index in [1.807, 2.05) is 22.9 Å². The summed E-state index contributed by atoms with van der Waals surface area (Å²) in [6, 6.07) is 7.12. The van der Waals surface area contributed by atoms with Crippen molar-refractivity contribution in [3.63, 3.8) is 0 Å². The first kappa shape index (κ1) is 14.2. The first-order chi connectivity index (χ1) is 9.58. The van der Waals surface area contributed by atoms with Gasteiger partial charge in [0.05, 0.1) is 6.33 Å². The lowest BCUT2D eigenvalue weighted by atomic mass is 10.0. The molecule has 0 saturated carbocycles. The molecule has 106 valence electrons. The number of aliphatic hydroxyl groups excluding tert-OH is 2. The molecule has 2 rings (SSSR count). The van der Waals surface area contributed by atoms with Crippen LogP contribution in [0.4, 0.5) is 0 Å². The number of nitrogens with zero attached hydrogens (tertiary/aromatic N) is 2. The molecule has 1 aromatic heterocycles. The number of hydrogen-bond acceptors (Lipinski definition) is 4. The molecule has 20 heavy (non-hydrogen) atoms. The Balaban J connectivity index is 2.03. The number of carbonyl (C=O) groups excluding carboxylic acids is 1. The number of benzene rings is 1. The maximum atomic E-state index is 10.8. The second-order valence-corrected chi connectivity index (χ2v) is 4.51. The van der Waals surface area contributed by atoms with Crippen LogP contribution in [0, 0.1) is 0 Å². The summed E-state index contributed by atoms with van der Waals surface area (Å²) in [7, 11) is 0. The Kier molecular flexibility index (Phi) is 4.49. The van der Waals surface area contributed by atoms with E-state index in [-0.39, 0.29) is 12.5 Å². The zero-order chi connectivity index (χ0) is 14.5. The molecule has 0 saturated heterocycles. The Morgan fingerprint density at radius 3 is 2.60 bits per heavy atom. The molecule has 0 fully saturated rings. The fourth-order valence-electron chi connectivity index (χ4n) is 1.84. The van der Waals surface area contributed by atoms with Crippen molar-refractivity contribution in [3.8, 4) is 5.69 Å². The highest BCUT2D eigenvalue weighted by atomic mass is 16.3. The third-order valence-corrected chi connectivity index (χ3v) is 2.96. The van der Waals surface area contributed by atoms with Gasteiger partial charge in [-0.05, 0) is 17.7 Å². The monoisotopic (exact) mass is 275 g/mol. The van der Waals surface area contributed by atoms with Crippen LogP contribution in [-0.4, -0.2) is 38.3 Å². The molecule has 0 aliphatic heterocycles. The summed E-state index contributed by atoms with van der Waals surface area (Å²) in [6.45, 7) is 1.37. The van der Waals surface area contributed by atoms with Gasteiger partial charge < -0.3 is 20.1 Å². The van der Waals surface area contributed by atoms with Crippen LogP contribution in [0.1, 0.15) is 18.6 Å². The molecule has 6 nitrogen and oxygen atoms in total. The van der Waals surface area contributed by atoms with E-state index < -0.39 is 12.2 Å². The lowest BCUT2D eigenvalue weighted by Gasteiger charge is -2.18. The van der Waals surface area contributed by atoms with Crippen LogP contribution in [0.15, 0.2) is 43.0 Å². The standard InChI is InChI=1S/C14H17N3O3/c1-10(18)16-8-13(19)14(20)11-2-4-12(5-3-11)17-7-6-15-9-17/h2-7,9,13-14,19-20H,8H2,1H3,(H,16,18). The van der Waals surface area contributed by atoms with E-state index in [0.29, 0.717) is 5.56 Å². The summed E-state index contributed by atoms with van der Waals surface area (Å²) in [5.74, 6) is -0.244. The van der Waals surface area contributed by atoms with Crippen molar-refractivity contribution in [1.29, 1.82) is 0 Å². The van der Waals surface area contributed by atoms with Crippen LogP contribution in [-0.2, 0) is 4.79 Å². The molecule has 3 N–H and O–H groups in total. The minimum atomic E-state index is -1.04. The summed E-state index contributed by atoms with van der Waals surface area (Å²) >= 11 is 0. The van der Waals surface area contributed by atoms with Gasteiger partial charge in [-0.25, -0.2) is 4.98 Å². The minimum Gasteiger partial charge on any atom is -0.388 e. The Labute approximate surface area is 116 Å². The van der Waals surface area contributed by atoms with Gasteiger partial charge in [-0.15, -0.1) is 0 Å². The molecule has 1 amide bonds. The third-order valence-electron chi connectivity index (χ3n) is 2.96. The average molecular weight is 275 g/mol. The highest BCUT2D eigenvalue weighted by Gasteiger charge is 2.18. The smallest absolute Gasteiger partial charge is 0.216 e. The van der Waals surface area contributed by atoms with E-state index in [9.17, 15) is 15.0 Å². The summed E-state index contributed by atoms with van der Waals surface area (Å²) in [6.07, 6.45) is 3.09. The lowest BCUT2D eigenvalue weighted by molar-refractivity contribution is -0.119. The quantitative estimate of drug-likeness (QED) is 0.737. The maximum absolute atomic E-state index is 10.8. The highest BCUT2D eigenvalue weighted by molar-refractivity contribution is 5.72. The number of aliphatic hydroxyl groups is 2. The van der Waals surface area contributed by atoms with Gasteiger partial charge in [0, 0.05) is 31.5 Å². The van der Waals surface area contributed by atoms with Crippen LogP contribution in [0.3, 0.4) is 0 Å². The minimum absolute atomic E-state index is 0.0137. The maximum Gasteiger partial charge on any atom is 0.216 e. The van der Waals surface area contributed by atoms with Crippen LogP contribution in [0.5, 0.6) is 0 Å². The zero-order valence-corrected chi connectivity index (χ0v) is 11.1. The molecule has 6 heteroatoms. The van der Waals surface area contributed by atoms with Gasteiger partial charge in [-0.3, -0.25) is 4.79 Å². The second-order valence-electron chi connectivity index (χ2n) is 4.51. The second kappa shape index (κ2) is 6.31. The molecule has 0 spiro atoms. The molecule has 1 aromatic carbocycles. The number of nitrogens with one attached hydrogen (secondary N) is 1. The number of imidazole rings is 1. The number of hydrogen-bond donors (Lipinski definition) is 3. The first-order valence-corrected chi connectivity index (χ1v) is 6.27. The molecule has 2 aromatic rings. The van der Waals surface area contributed by atoms with Gasteiger partial charge in [-0.1, -0.05) is 12.1 Å². The molecular formula is C14H17N3O3. The topological polar surface area (TPSA) is 87.4 Å². The van der Waals surface area contributed by atoms with Crippen molar-refractivity contribution in [2.45, 2.75) is 19.1 Å². The van der Waals surface area contributed by atoms with Gasteiger partial charge in [0.1, 0.15) is 12.2 Å². The average Bonchev–Trinajstić information content (AvgIpc) is 2.98. The molecule has 0 aliphatic carbocycles. The van der Waals surface area contributed by atoms with Gasteiger partial charge in [0.15, 0.2) is 0 Å². The fraction of sp³-hybridized carbons (Fsp3) is 0.286. The number of aromatic nitrogens is 2. The molecular weight excluding hydrogens is 258 g/mol. The van der Waals surface area contributed by atoms with Gasteiger partial charge in [-0.2, -0.15) is 0 Å². The molecule has 2 atom stereocenters. The molecule has 0 radical (unpaired) electrons. The Morgan fingerprint density at radius 1 is 1.35 bits per heavy atom. The molecule has 0 aliphatic rings. The summed E-state index contributed by atoms with van der Waals surface area (Å²) in [4.78, 5) is 14.7. The van der Waals surface area contributed by atoms with Crippen molar-refractivity contribution < 1.29 is 15.0 Å². The van der Waals surface area contributed by atoms with Crippen molar-refractivity contribution >= 4 is 5.91 Å². The zero-order valence-electron chi connectivity index (χ0n) is 11.1. The molecule has 1 heterocycles. The van der Waals surface area contributed by atoms with E-state index in [4.69, 9.17) is 0 Å². The Bertz CT molecular complexity index is 552. The molecule has 0 bridgehead atoms. The highest BCUT2D eigenvalue weighted by Crippen LogP contribution is 2.18. The van der Waals surface area contributed by atoms with Crippen LogP contribution >= 0.6 is 0 Å². The van der Waals surface area contributed by atoms with E-state index >= 15 is 0 Å². The van der Waals surface area contributed by atoms with E-state index in [2.05, 4.69) is 10.3 Å². The van der Waals surface area contributed by atoms with E-state index in [1.165, 1.54) is 6.92 Å². The van der Waals surface area contributed by atoms with Crippen LogP contribution in [0.25, 0.3) is 5.69 Å². The lowest BCUT2D eigenvalue weighted by Crippen LogP contribution is -2.34. The summed E-state index contributed by atoms with van der Waals surface area (Å²) in [5, 5.41) is 22.3. The normalized spacial score (nSPS) is 13.8. The Hall–Kier alpha value is -2.18. The van der Waals surface area contributed by atoms with E-state index in [1.54, 1.807) is 24.7 Å². The number of carbonyl (C=O) groups is 1. The van der Waals surface area contributed by atoms with Crippen molar-refractivity contribution in [2.24, 2.45) is 0 Å². The van der Waals surface area contributed by atoms with Crippen LogP contribution < -0.4 is 5.32 Å². The third kappa shape index (κ3) is 3.43.